The van der Waals surface area contributed by atoms with Gasteiger partial charge in [-0.1, -0.05) is 6.92 Å². The lowest BCUT2D eigenvalue weighted by atomic mass is 9.95. The van der Waals surface area contributed by atoms with Gasteiger partial charge in [-0.25, -0.2) is 4.39 Å². The van der Waals surface area contributed by atoms with Crippen LogP contribution in [0.15, 0.2) is 30.3 Å². The monoisotopic (exact) mass is 436 g/mol. The topological polar surface area (TPSA) is 90.1 Å². The number of anilines is 1. The van der Waals surface area contributed by atoms with Crippen LogP contribution >= 0.6 is 0 Å². The minimum Gasteiger partial charge on any atom is -0.494 e. The van der Waals surface area contributed by atoms with E-state index < -0.39 is 34.6 Å². The van der Waals surface area contributed by atoms with Crippen LogP contribution in [-0.4, -0.2) is 29.3 Å². The van der Waals surface area contributed by atoms with E-state index >= 15 is 0 Å². The molecule has 3 rings (SSSR count). The fourth-order valence-corrected chi connectivity index (χ4v) is 3.15. The van der Waals surface area contributed by atoms with Crippen molar-refractivity contribution in [3.05, 3.63) is 47.4 Å². The fourth-order valence-electron chi connectivity index (χ4n) is 3.15. The Morgan fingerprint density at radius 1 is 1.16 bits per heavy atom. The summed E-state index contributed by atoms with van der Waals surface area (Å²) in [5.74, 6) is -1.50. The minimum absolute atomic E-state index is 0.000278. The van der Waals surface area contributed by atoms with Gasteiger partial charge in [0.25, 0.3) is 5.91 Å². The van der Waals surface area contributed by atoms with Crippen LogP contribution in [0.25, 0.3) is 22.0 Å². The lowest BCUT2D eigenvalue weighted by molar-refractivity contribution is -0.137. The molecule has 0 saturated heterocycles. The first kappa shape index (κ1) is 22.3. The molecule has 0 radical (unpaired) electrons. The van der Waals surface area contributed by atoms with Crippen molar-refractivity contribution < 1.29 is 27.1 Å². The van der Waals surface area contributed by atoms with Gasteiger partial charge in [0.2, 0.25) is 0 Å². The number of hydrogen-bond donors (Lipinski definition) is 2. The second-order valence-electron chi connectivity index (χ2n) is 6.67. The first-order valence-electron chi connectivity index (χ1n) is 9.56. The van der Waals surface area contributed by atoms with Gasteiger partial charge < -0.3 is 15.8 Å². The molecule has 0 aliphatic carbocycles. The van der Waals surface area contributed by atoms with Gasteiger partial charge in [-0.15, -0.1) is 10.2 Å². The van der Waals surface area contributed by atoms with Crippen LogP contribution in [-0.2, 0) is 6.18 Å². The molecule has 10 heteroatoms. The zero-order valence-corrected chi connectivity index (χ0v) is 16.8. The number of nitrogens with zero attached hydrogens (tertiary/aromatic N) is 2. The van der Waals surface area contributed by atoms with Crippen molar-refractivity contribution in [3.8, 4) is 16.9 Å². The predicted octanol–water partition coefficient (Wildman–Crippen LogP) is 4.58. The van der Waals surface area contributed by atoms with E-state index in [-0.39, 0.29) is 34.6 Å². The SMILES string of the molecule is CCCNC(=O)c1nnc2c(-c3ccc(OCC)cc3C(F)(F)F)c(F)ccc2c1N. The number of hydrogen-bond acceptors (Lipinski definition) is 5. The Morgan fingerprint density at radius 3 is 2.55 bits per heavy atom. The number of ether oxygens (including phenoxy) is 1. The van der Waals surface area contributed by atoms with Crippen molar-refractivity contribution in [2.45, 2.75) is 26.4 Å². The highest BCUT2D eigenvalue weighted by Gasteiger charge is 2.35. The van der Waals surface area contributed by atoms with Crippen LogP contribution in [0.2, 0.25) is 0 Å². The van der Waals surface area contributed by atoms with Gasteiger partial charge in [-0.3, -0.25) is 4.79 Å². The average molecular weight is 436 g/mol. The zero-order valence-electron chi connectivity index (χ0n) is 16.8. The molecule has 0 aliphatic heterocycles. The largest absolute Gasteiger partial charge is 0.494 e. The summed E-state index contributed by atoms with van der Waals surface area (Å²) in [4.78, 5) is 12.2. The molecular formula is C21H20F4N4O2. The van der Waals surface area contributed by atoms with E-state index in [4.69, 9.17) is 10.5 Å². The number of carbonyl (C=O) groups is 1. The van der Waals surface area contributed by atoms with Crippen LogP contribution in [0, 0.1) is 5.82 Å². The zero-order chi connectivity index (χ0) is 22.8. The van der Waals surface area contributed by atoms with E-state index in [1.165, 1.54) is 12.1 Å². The van der Waals surface area contributed by atoms with Crippen LogP contribution in [0.4, 0.5) is 23.2 Å². The fraction of sp³-hybridized carbons (Fsp3) is 0.286. The van der Waals surface area contributed by atoms with Crippen LogP contribution in [0.5, 0.6) is 5.75 Å². The number of aromatic nitrogens is 2. The molecule has 0 fully saturated rings. The molecule has 1 heterocycles. The summed E-state index contributed by atoms with van der Waals surface area (Å²) < 4.78 is 61.2. The molecule has 0 aliphatic rings. The second-order valence-corrected chi connectivity index (χ2v) is 6.67. The lowest BCUT2D eigenvalue weighted by Gasteiger charge is -2.17. The third-order valence-electron chi connectivity index (χ3n) is 4.55. The highest BCUT2D eigenvalue weighted by atomic mass is 19.4. The predicted molar refractivity (Wildman–Crippen MR) is 108 cm³/mol. The Morgan fingerprint density at radius 2 is 1.90 bits per heavy atom. The third-order valence-corrected chi connectivity index (χ3v) is 4.55. The maximum absolute atomic E-state index is 14.8. The Kier molecular flexibility index (Phi) is 6.28. The van der Waals surface area contributed by atoms with Crippen molar-refractivity contribution in [2.24, 2.45) is 0 Å². The second kappa shape index (κ2) is 8.75. The molecule has 3 N–H and O–H groups in total. The summed E-state index contributed by atoms with van der Waals surface area (Å²) in [6.45, 7) is 4.05. The molecule has 0 atom stereocenters. The first-order valence-corrected chi connectivity index (χ1v) is 9.56. The Labute approximate surface area is 175 Å². The van der Waals surface area contributed by atoms with Crippen molar-refractivity contribution in [3.63, 3.8) is 0 Å². The van der Waals surface area contributed by atoms with Gasteiger partial charge in [0.15, 0.2) is 5.69 Å². The highest BCUT2D eigenvalue weighted by molar-refractivity contribution is 6.07. The quantitative estimate of drug-likeness (QED) is 0.553. The molecular weight excluding hydrogens is 416 g/mol. The molecule has 1 amide bonds. The Bertz CT molecular complexity index is 1130. The number of nitrogen functional groups attached to an aromatic ring is 1. The van der Waals surface area contributed by atoms with Gasteiger partial charge >= 0.3 is 6.18 Å². The average Bonchev–Trinajstić information content (AvgIpc) is 2.72. The maximum atomic E-state index is 14.8. The van der Waals surface area contributed by atoms with Crippen molar-refractivity contribution in [2.75, 3.05) is 18.9 Å². The van der Waals surface area contributed by atoms with E-state index in [2.05, 4.69) is 15.5 Å². The van der Waals surface area contributed by atoms with E-state index in [0.717, 1.165) is 18.2 Å². The standard InChI is InChI=1S/C21H20F4N4O2/c1-3-9-27-20(30)19-17(26)13-7-8-15(22)16(18(13)28-29-19)12-6-5-11(31-4-2)10-14(12)21(23,24)25/h5-8,10H,3-4,9H2,1-2H3,(H2,26,28)(H,27,30). The van der Waals surface area contributed by atoms with E-state index in [0.29, 0.717) is 13.0 Å². The number of benzene rings is 2. The van der Waals surface area contributed by atoms with Crippen LogP contribution in [0.1, 0.15) is 36.3 Å². The molecule has 3 aromatic rings. The van der Waals surface area contributed by atoms with Gasteiger partial charge in [0.05, 0.1) is 17.9 Å². The van der Waals surface area contributed by atoms with Gasteiger partial charge in [-0.2, -0.15) is 13.2 Å². The first-order chi connectivity index (χ1) is 14.7. The number of amides is 1. The molecule has 0 saturated carbocycles. The normalized spacial score (nSPS) is 11.5. The molecule has 6 nitrogen and oxygen atoms in total. The summed E-state index contributed by atoms with van der Waals surface area (Å²) in [6, 6.07) is 5.48. The molecule has 0 unspecified atom stereocenters. The van der Waals surface area contributed by atoms with E-state index in [1.807, 2.05) is 6.92 Å². The van der Waals surface area contributed by atoms with Crippen molar-refractivity contribution in [1.82, 2.24) is 15.5 Å². The number of nitrogens with two attached hydrogens (primary N) is 1. The highest BCUT2D eigenvalue weighted by Crippen LogP contribution is 2.42. The number of rotatable bonds is 6. The molecule has 0 bridgehead atoms. The number of halogens is 4. The van der Waals surface area contributed by atoms with Gasteiger partial charge in [0, 0.05) is 17.5 Å². The van der Waals surface area contributed by atoms with Crippen molar-refractivity contribution in [1.29, 1.82) is 0 Å². The number of nitrogens with one attached hydrogen (secondary N) is 1. The van der Waals surface area contributed by atoms with E-state index in [9.17, 15) is 22.4 Å². The molecule has 2 aromatic carbocycles. The number of fused-ring (bicyclic) bond motifs is 1. The third kappa shape index (κ3) is 4.37. The summed E-state index contributed by atoms with van der Waals surface area (Å²) in [5, 5.41) is 10.3. The summed E-state index contributed by atoms with van der Waals surface area (Å²) in [5.41, 5.74) is 3.66. The van der Waals surface area contributed by atoms with Crippen LogP contribution < -0.4 is 15.8 Å². The van der Waals surface area contributed by atoms with Gasteiger partial charge in [-0.05, 0) is 49.2 Å². The van der Waals surface area contributed by atoms with Crippen molar-refractivity contribution >= 4 is 22.5 Å². The minimum atomic E-state index is -4.78. The van der Waals surface area contributed by atoms with E-state index in [1.54, 1.807) is 6.92 Å². The van der Waals surface area contributed by atoms with Crippen LogP contribution in [0.3, 0.4) is 0 Å². The smallest absolute Gasteiger partial charge is 0.417 e. The number of carbonyl (C=O) groups excluding carboxylic acids is 1. The Hall–Kier alpha value is -3.43. The molecule has 31 heavy (non-hydrogen) atoms. The summed E-state index contributed by atoms with van der Waals surface area (Å²) >= 11 is 0. The molecule has 0 spiro atoms. The molecule has 1 aromatic heterocycles. The summed E-state index contributed by atoms with van der Waals surface area (Å²) in [6.07, 6.45) is -4.10. The Balaban J connectivity index is 2.25. The maximum Gasteiger partial charge on any atom is 0.417 e. The molecule has 164 valence electrons. The van der Waals surface area contributed by atoms with Gasteiger partial charge in [0.1, 0.15) is 17.1 Å². The number of alkyl halides is 3. The summed E-state index contributed by atoms with van der Waals surface area (Å²) in [7, 11) is 0. The lowest BCUT2D eigenvalue weighted by Crippen LogP contribution is -2.26.